The number of aryl methyl sites for hydroxylation is 2. The molecule has 0 amide bonds. The highest BCUT2D eigenvalue weighted by molar-refractivity contribution is 8.76. The lowest BCUT2D eigenvalue weighted by Gasteiger charge is -2.51. The minimum atomic E-state index is -1.22. The van der Waals surface area contributed by atoms with Crippen LogP contribution in [-0.2, 0) is 35.9 Å². The van der Waals surface area contributed by atoms with Crippen LogP contribution in [0.1, 0.15) is 131 Å². The van der Waals surface area contributed by atoms with Gasteiger partial charge in [0.25, 0.3) is 0 Å². The summed E-state index contributed by atoms with van der Waals surface area (Å²) in [5.41, 5.74) is 11.4. The number of nitrogens with two attached hydrogens (primary N) is 1. The van der Waals surface area contributed by atoms with Crippen molar-refractivity contribution in [1.29, 1.82) is 0 Å². The second-order valence-corrected chi connectivity index (χ2v) is 23.8. The number of carbonyl (C=O) groups excluding carboxylic acids is 1. The van der Waals surface area contributed by atoms with Crippen molar-refractivity contribution in [2.75, 3.05) is 25.3 Å². The van der Waals surface area contributed by atoms with Crippen molar-refractivity contribution in [1.82, 2.24) is 10.6 Å². The standard InChI is InChI=1S/C57H72N4O8S2/c1-35(2)49-33-71-70-32-47-46-30-45-37-18-21-43(64)29-42(63)20-17-36-19-22-50(65)52(67-3)44(36)15-7-11-38(27-37)51(53(45)69-54(46)66)68-34-59-56(24-10-16-48(47)60-55(58)61-49)23-9-13-40(31-56)57(25-5-4-6-26-57)39-12-8-14-41(62)28-39/h8,12,14,19,22,27-28,35,40,43,46-49,54,59,62,64-66H,4-6,9,11,13,17-18,20-21,23-26,29-34H2,1-3H3,(H3,58,60,61). The molecular weight excluding hydrogens is 933 g/mol. The summed E-state index contributed by atoms with van der Waals surface area (Å²) in [5, 5.41) is 52.9. The van der Waals surface area contributed by atoms with Crippen molar-refractivity contribution in [2.45, 2.75) is 158 Å². The van der Waals surface area contributed by atoms with Crippen molar-refractivity contribution in [3.63, 3.8) is 0 Å². The number of ketones is 1. The molecule has 4 heterocycles. The highest BCUT2D eigenvalue weighted by Gasteiger charge is 2.48. The molecule has 7 aliphatic rings. The maximum atomic E-state index is 13.3. The van der Waals surface area contributed by atoms with Gasteiger partial charge in [0.1, 0.15) is 18.3 Å². The number of carbonyl (C=O) groups is 1. The molecule has 3 aliphatic carbocycles. The Balaban J connectivity index is 1.17. The third kappa shape index (κ3) is 11.4. The number of phenolic OH excluding ortho intramolecular Hbond substituents is 2. The summed E-state index contributed by atoms with van der Waals surface area (Å²) >= 11 is 0. The predicted molar refractivity (Wildman–Crippen MR) is 282 cm³/mol. The van der Waals surface area contributed by atoms with Crippen molar-refractivity contribution in [2.24, 2.45) is 34.4 Å². The Bertz CT molecular complexity index is 2580. The van der Waals surface area contributed by atoms with Crippen LogP contribution in [0.5, 0.6) is 28.7 Å². The molecular formula is C57H72N4O8S2. The summed E-state index contributed by atoms with van der Waals surface area (Å²) in [7, 11) is 5.04. The van der Waals surface area contributed by atoms with E-state index in [2.05, 4.69) is 60.3 Å². The van der Waals surface area contributed by atoms with Gasteiger partial charge in [-0.3, -0.25) is 10.1 Å². The van der Waals surface area contributed by atoms with Crippen molar-refractivity contribution in [3.8, 4) is 52.4 Å². The number of nitrogens with one attached hydrogen (secondary N) is 2. The Kier molecular flexibility index (Phi) is 16.3. The highest BCUT2D eigenvalue weighted by atomic mass is 33.1. The number of fused-ring (bicyclic) bond motifs is 7. The lowest BCUT2D eigenvalue weighted by molar-refractivity contribution is -0.121. The molecule has 2 fully saturated rings. The number of Topliss-reactive ketones (excluding diaryl/α,β-unsaturated/α-hetero) is 1. The van der Waals surface area contributed by atoms with Crippen molar-refractivity contribution >= 4 is 33.3 Å². The van der Waals surface area contributed by atoms with Crippen LogP contribution in [0, 0.1) is 47.4 Å². The quantitative estimate of drug-likeness (QED) is 0.0980. The molecule has 10 rings (SSSR count). The second kappa shape index (κ2) is 22.6. The van der Waals surface area contributed by atoms with Gasteiger partial charge in [-0.25, -0.2) is 4.99 Å². The third-order valence-corrected chi connectivity index (χ3v) is 18.9. The number of methoxy groups -OCH3 is 1. The molecule has 3 aromatic carbocycles. The summed E-state index contributed by atoms with van der Waals surface area (Å²) in [6, 6.07) is 13.0. The lowest BCUT2D eigenvalue weighted by atomic mass is 9.56. The predicted octanol–water partition coefficient (Wildman–Crippen LogP) is 8.24. The average Bonchev–Trinajstić information content (AvgIpc) is 3.35. The number of aliphatic hydroxyl groups is 2. The maximum Gasteiger partial charge on any atom is 0.201 e. The molecule has 4 aliphatic heterocycles. The lowest BCUT2D eigenvalue weighted by Crippen LogP contribution is -2.54. The number of guanidine groups is 1. The largest absolute Gasteiger partial charge is 0.508 e. The van der Waals surface area contributed by atoms with E-state index in [-0.39, 0.29) is 66.6 Å². The summed E-state index contributed by atoms with van der Waals surface area (Å²) in [5.74, 6) is 17.3. The third-order valence-electron chi connectivity index (χ3n) is 16.4. The summed E-state index contributed by atoms with van der Waals surface area (Å²) in [6.45, 7) is 4.48. The number of rotatable bonds is 4. The zero-order valence-corrected chi connectivity index (χ0v) is 43.2. The number of phenols is 2. The molecule has 14 heteroatoms. The Morgan fingerprint density at radius 1 is 0.901 bits per heavy atom. The number of hydrogen-bond donors (Lipinski definition) is 7. The zero-order valence-electron chi connectivity index (χ0n) is 41.6. The molecule has 1 spiro atoms. The van der Waals surface area contributed by atoms with E-state index in [0.717, 1.165) is 79.4 Å². The van der Waals surface area contributed by atoms with Gasteiger partial charge in [0, 0.05) is 65.7 Å². The molecule has 380 valence electrons. The molecule has 8 atom stereocenters. The van der Waals surface area contributed by atoms with Crippen LogP contribution in [0.3, 0.4) is 0 Å². The number of benzene rings is 3. The van der Waals surface area contributed by atoms with E-state index in [1.807, 2.05) is 12.1 Å². The number of aromatic hydroxyl groups is 2. The van der Waals surface area contributed by atoms with Gasteiger partial charge in [-0.2, -0.15) is 0 Å². The molecule has 6 bridgehead atoms. The number of ether oxygens (including phenoxy) is 3. The first-order chi connectivity index (χ1) is 34.3. The van der Waals surface area contributed by atoms with E-state index in [1.165, 1.54) is 19.1 Å². The second-order valence-electron chi connectivity index (χ2n) is 21.3. The molecule has 8 unspecified atom stereocenters. The van der Waals surface area contributed by atoms with Crippen LogP contribution >= 0.6 is 21.6 Å². The van der Waals surface area contributed by atoms with Crippen molar-refractivity contribution < 1.29 is 39.4 Å². The van der Waals surface area contributed by atoms with E-state index >= 15 is 0 Å². The molecule has 0 saturated heterocycles. The fourth-order valence-corrected chi connectivity index (χ4v) is 15.3. The summed E-state index contributed by atoms with van der Waals surface area (Å²) < 4.78 is 19.5. The van der Waals surface area contributed by atoms with Crippen LogP contribution in [0.15, 0.2) is 47.5 Å². The Hall–Kier alpha value is -4.70. The summed E-state index contributed by atoms with van der Waals surface area (Å²) in [6.07, 6.45) is 10.1. The van der Waals surface area contributed by atoms with E-state index < -0.39 is 29.9 Å². The molecule has 12 nitrogen and oxygen atoms in total. The SMILES string of the molecule is COc1c(O)ccc2c1C#CCc1cc(c3c4c1OCNC1(CC#CC5NC(N)=NC(C(C)C)CSSCC5C(C3)C(O)O4)CCCC(C3(c4cccc(O)c4)CCCCC3)C1)CCC(O)CC(=O)CC2. The first-order valence-electron chi connectivity index (χ1n) is 25.9. The van der Waals surface area contributed by atoms with Gasteiger partial charge >= 0.3 is 0 Å². The monoisotopic (exact) mass is 1000 g/mol. The van der Waals surface area contributed by atoms with Gasteiger partial charge in [0.05, 0.1) is 30.9 Å². The Morgan fingerprint density at radius 2 is 1.73 bits per heavy atom. The van der Waals surface area contributed by atoms with Gasteiger partial charge < -0.3 is 45.7 Å². The average molecular weight is 1010 g/mol. The van der Waals surface area contributed by atoms with Gasteiger partial charge in [-0.05, 0) is 110 Å². The normalized spacial score (nSPS) is 29.2. The number of aliphatic hydroxyl groups excluding tert-OH is 2. The van der Waals surface area contributed by atoms with Crippen LogP contribution in [0.25, 0.3) is 0 Å². The molecule has 0 radical (unpaired) electrons. The fourth-order valence-electron chi connectivity index (χ4n) is 12.5. The number of hydrogen-bond acceptors (Lipinski definition) is 14. The van der Waals surface area contributed by atoms with Crippen LogP contribution in [-0.4, -0.2) is 87.5 Å². The van der Waals surface area contributed by atoms with Crippen LogP contribution < -0.4 is 30.6 Å². The van der Waals surface area contributed by atoms with E-state index in [0.29, 0.717) is 72.5 Å². The summed E-state index contributed by atoms with van der Waals surface area (Å²) in [4.78, 5) is 18.3. The molecule has 0 aromatic heterocycles. The Morgan fingerprint density at radius 3 is 2.54 bits per heavy atom. The van der Waals surface area contributed by atoms with Crippen molar-refractivity contribution in [3.05, 3.63) is 75.8 Å². The molecule has 3 aromatic rings. The molecule has 8 N–H and O–H groups in total. The van der Waals surface area contributed by atoms with E-state index in [4.69, 9.17) is 24.9 Å². The maximum absolute atomic E-state index is 13.3. The zero-order chi connectivity index (χ0) is 49.7. The van der Waals surface area contributed by atoms with Gasteiger partial charge in [-0.15, -0.1) is 0 Å². The van der Waals surface area contributed by atoms with Crippen LogP contribution in [0.2, 0.25) is 0 Å². The fraction of sp³-hybridized carbons (Fsp3) is 0.579. The molecule has 71 heavy (non-hydrogen) atoms. The first kappa shape index (κ1) is 51.2. The number of aliphatic imine (C=N–C) groups is 1. The first-order valence-corrected chi connectivity index (χ1v) is 28.4. The highest BCUT2D eigenvalue weighted by Crippen LogP contribution is 2.53. The van der Waals surface area contributed by atoms with Gasteiger partial charge in [0.15, 0.2) is 29.0 Å². The molecule has 2 saturated carbocycles. The minimum Gasteiger partial charge on any atom is -0.508 e. The van der Waals surface area contributed by atoms with E-state index in [9.17, 15) is 25.2 Å². The van der Waals surface area contributed by atoms with Gasteiger partial charge in [0.2, 0.25) is 6.29 Å². The Labute approximate surface area is 427 Å². The van der Waals surface area contributed by atoms with E-state index in [1.54, 1.807) is 39.8 Å². The minimum absolute atomic E-state index is 0.0111. The smallest absolute Gasteiger partial charge is 0.201 e. The number of nitrogens with zero attached hydrogens (tertiary/aromatic N) is 1. The topological polar surface area (TPSA) is 188 Å². The van der Waals surface area contributed by atoms with Crippen LogP contribution in [0.4, 0.5) is 0 Å². The van der Waals surface area contributed by atoms with Gasteiger partial charge in [-0.1, -0.05) is 109 Å².